The Morgan fingerprint density at radius 3 is 2.26 bits per heavy atom. The molecule has 3 aromatic rings. The number of carbonyl (C=O) groups excluding carboxylic acids is 1. The first-order valence-electron chi connectivity index (χ1n) is 9.36. The summed E-state index contributed by atoms with van der Waals surface area (Å²) >= 11 is 4.28. The Bertz CT molecular complexity index is 1080. The van der Waals surface area contributed by atoms with Crippen LogP contribution in [0.2, 0.25) is 0 Å². The van der Waals surface area contributed by atoms with E-state index < -0.39 is 11.9 Å². The highest BCUT2D eigenvalue weighted by atomic mass is 127. The van der Waals surface area contributed by atoms with Gasteiger partial charge in [-0.25, -0.2) is 0 Å². The van der Waals surface area contributed by atoms with Crippen LogP contribution >= 0.6 is 45.2 Å². The Morgan fingerprint density at radius 1 is 0.935 bits per heavy atom. The van der Waals surface area contributed by atoms with E-state index in [1.165, 1.54) is 12.1 Å². The highest BCUT2D eigenvalue weighted by molar-refractivity contribution is 14.1. The van der Waals surface area contributed by atoms with Crippen molar-refractivity contribution in [3.63, 3.8) is 0 Å². The van der Waals surface area contributed by atoms with Crippen molar-refractivity contribution < 1.29 is 24.5 Å². The van der Waals surface area contributed by atoms with Gasteiger partial charge < -0.3 is 20.3 Å². The van der Waals surface area contributed by atoms with Crippen molar-refractivity contribution in [2.24, 2.45) is 0 Å². The molecule has 8 heteroatoms. The van der Waals surface area contributed by atoms with Crippen molar-refractivity contribution in [3.05, 3.63) is 84.5 Å². The van der Waals surface area contributed by atoms with Gasteiger partial charge in [0.1, 0.15) is 11.5 Å². The second-order valence-electron chi connectivity index (χ2n) is 6.73. The van der Waals surface area contributed by atoms with Gasteiger partial charge in [-0.15, -0.1) is 0 Å². The summed E-state index contributed by atoms with van der Waals surface area (Å²) in [5.74, 6) is -0.350. The molecule has 0 unspecified atom stereocenters. The largest absolute Gasteiger partial charge is 0.507 e. The minimum Gasteiger partial charge on any atom is -0.507 e. The molecule has 160 valence electrons. The van der Waals surface area contributed by atoms with Gasteiger partial charge in [-0.05, 0) is 93.1 Å². The number of hydrogen-bond acceptors (Lipinski definition) is 4. The number of ether oxygens (including phenoxy) is 1. The molecule has 0 aromatic heterocycles. The van der Waals surface area contributed by atoms with Crippen LogP contribution in [0.1, 0.15) is 27.9 Å². The fraction of sp³-hybridized carbons (Fsp3) is 0.130. The van der Waals surface area contributed by atoms with Crippen LogP contribution in [0.15, 0.2) is 60.7 Å². The lowest BCUT2D eigenvalue weighted by molar-refractivity contribution is -0.136. The lowest BCUT2D eigenvalue weighted by Gasteiger charge is -2.14. The number of aryl methyl sites for hydroxylation is 1. The number of benzene rings is 3. The Kier molecular flexibility index (Phi) is 8.13. The summed E-state index contributed by atoms with van der Waals surface area (Å²) in [6.45, 7) is 0.345. The second kappa shape index (κ2) is 10.8. The number of carbonyl (C=O) groups is 2. The summed E-state index contributed by atoms with van der Waals surface area (Å²) in [7, 11) is 0. The summed E-state index contributed by atoms with van der Waals surface area (Å²) < 4.78 is 7.66. The van der Waals surface area contributed by atoms with Crippen molar-refractivity contribution in [1.29, 1.82) is 0 Å². The smallest absolute Gasteiger partial charge is 0.303 e. The number of phenols is 1. The first kappa shape index (κ1) is 23.3. The number of halogens is 2. The minimum atomic E-state index is -0.840. The van der Waals surface area contributed by atoms with E-state index >= 15 is 0 Å². The number of aliphatic carboxylic acids is 1. The van der Waals surface area contributed by atoms with Gasteiger partial charge in [0.2, 0.25) is 0 Å². The standard InChI is InChI=1S/C23H19I2NO5/c24-18-10-15(6-9-21(28)29)11-19(25)22(18)31-16-7-8-20(27)17(12-16)23(30)26-13-14-4-2-1-3-5-14/h1-5,7-8,10-12,27H,6,9,13H2,(H,26,30)(H,28,29). The molecule has 0 radical (unpaired) electrons. The number of hydrogen-bond donors (Lipinski definition) is 3. The predicted octanol–water partition coefficient (Wildman–Crippen LogP) is 5.34. The van der Waals surface area contributed by atoms with Gasteiger partial charge in [-0.1, -0.05) is 30.3 Å². The maximum Gasteiger partial charge on any atom is 0.303 e. The third-order valence-corrected chi connectivity index (χ3v) is 6.02. The number of carboxylic acids is 1. The molecule has 0 fully saturated rings. The molecule has 3 rings (SSSR count). The van der Waals surface area contributed by atoms with E-state index in [1.54, 1.807) is 6.07 Å². The number of carboxylic acid groups (broad SMARTS) is 1. The van der Waals surface area contributed by atoms with Gasteiger partial charge in [0.15, 0.2) is 5.75 Å². The van der Waals surface area contributed by atoms with Crippen molar-refractivity contribution in [1.82, 2.24) is 5.32 Å². The van der Waals surface area contributed by atoms with Crippen LogP contribution in [0.4, 0.5) is 0 Å². The number of rotatable bonds is 8. The average molecular weight is 643 g/mol. The van der Waals surface area contributed by atoms with E-state index in [4.69, 9.17) is 9.84 Å². The summed E-state index contributed by atoms with van der Waals surface area (Å²) in [6.07, 6.45) is 0.498. The molecule has 1 amide bonds. The SMILES string of the molecule is O=C(O)CCc1cc(I)c(Oc2ccc(O)c(C(=O)NCc3ccccc3)c2)c(I)c1. The van der Waals surface area contributed by atoms with Crippen LogP contribution in [0, 0.1) is 7.14 Å². The molecule has 0 atom stereocenters. The fourth-order valence-electron chi connectivity index (χ4n) is 2.86. The van der Waals surface area contributed by atoms with E-state index in [0.29, 0.717) is 24.5 Å². The van der Waals surface area contributed by atoms with E-state index in [1.807, 2.05) is 42.5 Å². The molecule has 0 aliphatic rings. The highest BCUT2D eigenvalue weighted by Crippen LogP contribution is 2.34. The molecule has 0 saturated carbocycles. The Balaban J connectivity index is 1.75. The molecular weight excluding hydrogens is 624 g/mol. The fourth-order valence-corrected chi connectivity index (χ4v) is 4.97. The van der Waals surface area contributed by atoms with Crippen LogP contribution in [0.25, 0.3) is 0 Å². The minimum absolute atomic E-state index is 0.0613. The van der Waals surface area contributed by atoms with E-state index in [0.717, 1.165) is 18.3 Å². The number of nitrogens with one attached hydrogen (secondary N) is 1. The lowest BCUT2D eigenvalue weighted by atomic mass is 10.1. The van der Waals surface area contributed by atoms with Crippen molar-refractivity contribution in [2.75, 3.05) is 0 Å². The predicted molar refractivity (Wildman–Crippen MR) is 134 cm³/mol. The molecule has 31 heavy (non-hydrogen) atoms. The summed E-state index contributed by atoms with van der Waals surface area (Å²) in [4.78, 5) is 23.4. The number of aromatic hydroxyl groups is 1. The second-order valence-corrected chi connectivity index (χ2v) is 9.06. The number of phenolic OH excluding ortho intramolecular Hbond substituents is 1. The summed E-state index contributed by atoms with van der Waals surface area (Å²) in [6, 6.07) is 17.8. The molecule has 0 saturated heterocycles. The zero-order chi connectivity index (χ0) is 22.4. The molecule has 3 aromatic carbocycles. The van der Waals surface area contributed by atoms with E-state index in [2.05, 4.69) is 50.5 Å². The van der Waals surface area contributed by atoms with Gasteiger partial charge in [0.05, 0.1) is 12.7 Å². The monoisotopic (exact) mass is 643 g/mol. The normalized spacial score (nSPS) is 10.5. The van der Waals surface area contributed by atoms with Gasteiger partial charge in [0.25, 0.3) is 5.91 Å². The van der Waals surface area contributed by atoms with Crippen LogP contribution in [-0.4, -0.2) is 22.1 Å². The van der Waals surface area contributed by atoms with E-state index in [-0.39, 0.29) is 17.7 Å². The van der Waals surface area contributed by atoms with Crippen molar-refractivity contribution in [3.8, 4) is 17.2 Å². The first-order valence-corrected chi connectivity index (χ1v) is 11.5. The third-order valence-electron chi connectivity index (χ3n) is 4.41. The molecule has 0 aliphatic carbocycles. The maximum atomic E-state index is 12.6. The third kappa shape index (κ3) is 6.57. The van der Waals surface area contributed by atoms with Gasteiger partial charge in [-0.3, -0.25) is 9.59 Å². The Hall–Kier alpha value is -2.34. The van der Waals surface area contributed by atoms with Gasteiger partial charge in [-0.2, -0.15) is 0 Å². The van der Waals surface area contributed by atoms with Crippen LogP contribution in [-0.2, 0) is 17.8 Å². The summed E-state index contributed by atoms with van der Waals surface area (Å²) in [5.41, 5.74) is 1.99. The first-order chi connectivity index (χ1) is 14.8. The van der Waals surface area contributed by atoms with Gasteiger partial charge in [0, 0.05) is 13.0 Å². The molecule has 0 spiro atoms. The van der Waals surface area contributed by atoms with Crippen LogP contribution in [0.3, 0.4) is 0 Å². The van der Waals surface area contributed by atoms with Crippen LogP contribution in [0.5, 0.6) is 17.2 Å². The van der Waals surface area contributed by atoms with Gasteiger partial charge >= 0.3 is 5.97 Å². The zero-order valence-electron chi connectivity index (χ0n) is 16.3. The maximum absolute atomic E-state index is 12.6. The molecular formula is C23H19I2NO5. The molecule has 0 aliphatic heterocycles. The van der Waals surface area contributed by atoms with E-state index in [9.17, 15) is 14.7 Å². The topological polar surface area (TPSA) is 95.9 Å². The Labute approximate surface area is 206 Å². The highest BCUT2D eigenvalue weighted by Gasteiger charge is 2.15. The van der Waals surface area contributed by atoms with Crippen molar-refractivity contribution in [2.45, 2.75) is 19.4 Å². The Morgan fingerprint density at radius 2 is 1.61 bits per heavy atom. The van der Waals surface area contributed by atoms with Crippen LogP contribution < -0.4 is 10.1 Å². The molecule has 6 nitrogen and oxygen atoms in total. The van der Waals surface area contributed by atoms with Crippen molar-refractivity contribution >= 4 is 57.1 Å². The summed E-state index contributed by atoms with van der Waals surface area (Å²) in [5, 5.41) is 21.8. The average Bonchev–Trinajstić information content (AvgIpc) is 2.75. The molecule has 0 heterocycles. The lowest BCUT2D eigenvalue weighted by Crippen LogP contribution is -2.22. The quantitative estimate of drug-likeness (QED) is 0.288. The zero-order valence-corrected chi connectivity index (χ0v) is 20.6. The molecule has 0 bridgehead atoms. The molecule has 3 N–H and O–H groups in total. The number of amides is 1.